The van der Waals surface area contributed by atoms with Crippen molar-refractivity contribution >= 4 is 5.78 Å². The van der Waals surface area contributed by atoms with Gasteiger partial charge in [-0.25, -0.2) is 0 Å². The molecule has 0 N–H and O–H groups in total. The molecule has 1 heterocycles. The Kier molecular flexibility index (Phi) is 3.77. The van der Waals surface area contributed by atoms with Crippen LogP contribution in [0.5, 0.6) is 5.75 Å². The average molecular weight is 287 g/mol. The van der Waals surface area contributed by atoms with Gasteiger partial charge in [0.25, 0.3) is 0 Å². The van der Waals surface area contributed by atoms with Crippen LogP contribution in [0.25, 0.3) is 0 Å². The quantitative estimate of drug-likeness (QED) is 0.800. The van der Waals surface area contributed by atoms with Gasteiger partial charge in [0, 0.05) is 17.5 Å². The molecular formula is C14H16F3NO2. The van der Waals surface area contributed by atoms with Gasteiger partial charge in [-0.1, -0.05) is 6.92 Å². The number of hydrogen-bond donors (Lipinski definition) is 0. The van der Waals surface area contributed by atoms with Crippen molar-refractivity contribution < 1.29 is 22.7 Å². The number of halogens is 3. The number of rotatable bonds is 3. The number of carbonyl (C=O) groups excluding carboxylic acids is 1. The van der Waals surface area contributed by atoms with Crippen LogP contribution in [0.1, 0.15) is 23.7 Å². The summed E-state index contributed by atoms with van der Waals surface area (Å²) in [6.45, 7) is 3.39. The largest absolute Gasteiger partial charge is 0.573 e. The van der Waals surface area contributed by atoms with Crippen molar-refractivity contribution in [1.82, 2.24) is 4.90 Å². The molecule has 1 aliphatic heterocycles. The van der Waals surface area contributed by atoms with Crippen LogP contribution in [0.15, 0.2) is 24.3 Å². The van der Waals surface area contributed by atoms with E-state index in [2.05, 4.69) is 9.64 Å². The number of nitrogens with zero attached hydrogens (tertiary/aromatic N) is 1. The number of benzene rings is 1. The number of Topliss-reactive ketones (excluding diaryl/α,β-unsaturated/α-hetero) is 1. The minimum absolute atomic E-state index is 0.0413. The summed E-state index contributed by atoms with van der Waals surface area (Å²) in [4.78, 5) is 14.5. The van der Waals surface area contributed by atoms with Crippen LogP contribution in [-0.2, 0) is 0 Å². The van der Waals surface area contributed by atoms with Gasteiger partial charge < -0.3 is 9.64 Å². The molecule has 0 amide bonds. The Morgan fingerprint density at radius 2 is 1.90 bits per heavy atom. The molecule has 0 radical (unpaired) electrons. The second-order valence-electron chi connectivity index (χ2n) is 5.45. The first-order chi connectivity index (χ1) is 9.20. The van der Waals surface area contributed by atoms with Crippen molar-refractivity contribution in [3.63, 3.8) is 0 Å². The van der Waals surface area contributed by atoms with E-state index in [0.29, 0.717) is 12.1 Å². The first-order valence-corrected chi connectivity index (χ1v) is 6.29. The zero-order valence-corrected chi connectivity index (χ0v) is 11.3. The topological polar surface area (TPSA) is 29.5 Å². The Bertz CT molecular complexity index is 498. The first kappa shape index (κ1) is 14.8. The van der Waals surface area contributed by atoms with Gasteiger partial charge in [0.1, 0.15) is 5.75 Å². The van der Waals surface area contributed by atoms with Crippen LogP contribution < -0.4 is 4.74 Å². The third kappa shape index (κ3) is 3.30. The summed E-state index contributed by atoms with van der Waals surface area (Å²) in [5.41, 5.74) is -0.0569. The molecule has 0 aliphatic carbocycles. The maximum Gasteiger partial charge on any atom is 0.573 e. The second kappa shape index (κ2) is 5.09. The van der Waals surface area contributed by atoms with Crippen LogP contribution in [0.2, 0.25) is 0 Å². The van der Waals surface area contributed by atoms with Crippen LogP contribution in [0, 0.1) is 5.41 Å². The molecule has 2 rings (SSSR count). The smallest absolute Gasteiger partial charge is 0.406 e. The lowest BCUT2D eigenvalue weighted by molar-refractivity contribution is -0.274. The molecule has 1 atom stereocenters. The number of likely N-dealkylation sites (tertiary alicyclic amines) is 1. The van der Waals surface area contributed by atoms with Gasteiger partial charge in [-0.3, -0.25) is 4.79 Å². The van der Waals surface area contributed by atoms with E-state index in [9.17, 15) is 18.0 Å². The van der Waals surface area contributed by atoms with Crippen LogP contribution >= 0.6 is 0 Å². The van der Waals surface area contributed by atoms with Crippen molar-refractivity contribution in [2.75, 3.05) is 20.1 Å². The minimum Gasteiger partial charge on any atom is -0.406 e. The van der Waals surface area contributed by atoms with Gasteiger partial charge in [0.2, 0.25) is 0 Å². The molecule has 0 spiro atoms. The summed E-state index contributed by atoms with van der Waals surface area (Å²) in [6.07, 6.45) is -3.96. The van der Waals surface area contributed by atoms with E-state index in [0.717, 1.165) is 13.0 Å². The van der Waals surface area contributed by atoms with Gasteiger partial charge in [-0.05, 0) is 44.3 Å². The fourth-order valence-electron chi connectivity index (χ4n) is 2.53. The standard InChI is InChI=1S/C14H16F3NO2/c1-13(7-8-18(2)9-13)12(19)10-3-5-11(6-4-10)20-14(15,16)17/h3-6H,7-9H2,1-2H3. The normalized spacial score (nSPS) is 23.9. The van der Waals surface area contributed by atoms with Gasteiger partial charge in [0.05, 0.1) is 0 Å². The highest BCUT2D eigenvalue weighted by Crippen LogP contribution is 2.33. The Labute approximate surface area is 115 Å². The average Bonchev–Trinajstić information content (AvgIpc) is 2.69. The Balaban J connectivity index is 2.12. The molecule has 1 unspecified atom stereocenters. The van der Waals surface area contributed by atoms with Crippen molar-refractivity contribution in [2.45, 2.75) is 19.7 Å². The third-order valence-corrected chi connectivity index (χ3v) is 3.56. The summed E-state index contributed by atoms with van der Waals surface area (Å²) in [6, 6.07) is 5.10. The van der Waals surface area contributed by atoms with E-state index in [4.69, 9.17) is 0 Å². The van der Waals surface area contributed by atoms with Crippen LogP contribution in [0.4, 0.5) is 13.2 Å². The lowest BCUT2D eigenvalue weighted by Gasteiger charge is -2.22. The van der Waals surface area contributed by atoms with E-state index >= 15 is 0 Å². The number of hydrogen-bond acceptors (Lipinski definition) is 3. The predicted molar refractivity (Wildman–Crippen MR) is 67.7 cm³/mol. The Hall–Kier alpha value is -1.56. The fraction of sp³-hybridized carbons (Fsp3) is 0.500. The molecule has 110 valence electrons. The third-order valence-electron chi connectivity index (χ3n) is 3.56. The van der Waals surface area contributed by atoms with E-state index < -0.39 is 11.8 Å². The second-order valence-corrected chi connectivity index (χ2v) is 5.45. The van der Waals surface area contributed by atoms with E-state index in [1.165, 1.54) is 24.3 Å². The minimum atomic E-state index is -4.72. The molecule has 1 aliphatic rings. The van der Waals surface area contributed by atoms with E-state index in [-0.39, 0.29) is 11.5 Å². The van der Waals surface area contributed by atoms with Crippen molar-refractivity contribution in [3.8, 4) is 5.75 Å². The van der Waals surface area contributed by atoms with E-state index in [1.807, 2.05) is 14.0 Å². The van der Waals surface area contributed by atoms with Crippen molar-refractivity contribution in [3.05, 3.63) is 29.8 Å². The molecule has 6 heteroatoms. The zero-order chi connectivity index (χ0) is 15.0. The number of alkyl halides is 3. The maximum atomic E-state index is 12.4. The van der Waals surface area contributed by atoms with Gasteiger partial charge in [-0.2, -0.15) is 0 Å². The molecule has 0 aromatic heterocycles. The zero-order valence-electron chi connectivity index (χ0n) is 11.3. The van der Waals surface area contributed by atoms with E-state index in [1.54, 1.807) is 0 Å². The number of ketones is 1. The summed E-state index contributed by atoms with van der Waals surface area (Å²) < 4.78 is 40.0. The van der Waals surface area contributed by atoms with Gasteiger partial charge in [-0.15, -0.1) is 13.2 Å². The van der Waals surface area contributed by atoms with Gasteiger partial charge >= 0.3 is 6.36 Å². The molecule has 1 aromatic rings. The number of carbonyl (C=O) groups is 1. The first-order valence-electron chi connectivity index (χ1n) is 6.29. The summed E-state index contributed by atoms with van der Waals surface area (Å²) in [5.74, 6) is -0.358. The predicted octanol–water partition coefficient (Wildman–Crippen LogP) is 3.11. The van der Waals surface area contributed by atoms with Crippen LogP contribution in [0.3, 0.4) is 0 Å². The molecule has 1 saturated heterocycles. The Morgan fingerprint density at radius 3 is 2.35 bits per heavy atom. The molecule has 0 saturated carbocycles. The highest BCUT2D eigenvalue weighted by atomic mass is 19.4. The molecule has 1 aromatic carbocycles. The van der Waals surface area contributed by atoms with Gasteiger partial charge in [0.15, 0.2) is 5.78 Å². The number of ether oxygens (including phenoxy) is 1. The lowest BCUT2D eigenvalue weighted by Crippen LogP contribution is -2.30. The lowest BCUT2D eigenvalue weighted by atomic mass is 9.81. The SMILES string of the molecule is CN1CCC(C)(C(=O)c2ccc(OC(F)(F)F)cc2)C1. The molecule has 0 bridgehead atoms. The van der Waals surface area contributed by atoms with Crippen molar-refractivity contribution in [2.24, 2.45) is 5.41 Å². The summed E-state index contributed by atoms with van der Waals surface area (Å²) in [7, 11) is 1.94. The summed E-state index contributed by atoms with van der Waals surface area (Å²) in [5, 5.41) is 0. The molecule has 3 nitrogen and oxygen atoms in total. The Morgan fingerprint density at radius 1 is 1.30 bits per heavy atom. The fourth-order valence-corrected chi connectivity index (χ4v) is 2.53. The monoisotopic (exact) mass is 287 g/mol. The van der Waals surface area contributed by atoms with Crippen molar-refractivity contribution in [1.29, 1.82) is 0 Å². The maximum absolute atomic E-state index is 12.4. The highest BCUT2D eigenvalue weighted by Gasteiger charge is 2.39. The summed E-state index contributed by atoms with van der Waals surface area (Å²) >= 11 is 0. The molecular weight excluding hydrogens is 271 g/mol. The molecule has 1 fully saturated rings. The highest BCUT2D eigenvalue weighted by molar-refractivity contribution is 6.00. The molecule has 20 heavy (non-hydrogen) atoms. The van der Waals surface area contributed by atoms with Crippen LogP contribution in [-0.4, -0.2) is 37.2 Å².